The van der Waals surface area contributed by atoms with Crippen molar-refractivity contribution in [1.29, 1.82) is 0 Å². The number of thiophene rings is 1. The van der Waals surface area contributed by atoms with Gasteiger partial charge in [0, 0.05) is 23.9 Å². The SMILES string of the molecule is CC(=O)Nc1cc(F)c(F)cc1NC(=O)c1cc(-c2ccc(C)s2)nc2onc(C)c12. The van der Waals surface area contributed by atoms with E-state index in [1.54, 1.807) is 13.0 Å². The van der Waals surface area contributed by atoms with Crippen LogP contribution in [0.1, 0.15) is 27.9 Å². The average Bonchev–Trinajstić information content (AvgIpc) is 3.30. The van der Waals surface area contributed by atoms with Crippen LogP contribution in [0, 0.1) is 25.5 Å². The highest BCUT2D eigenvalue weighted by molar-refractivity contribution is 7.15. The Morgan fingerprint density at radius 3 is 2.32 bits per heavy atom. The van der Waals surface area contributed by atoms with Gasteiger partial charge in [-0.05, 0) is 32.0 Å². The second kappa shape index (κ2) is 7.88. The van der Waals surface area contributed by atoms with Gasteiger partial charge in [0.2, 0.25) is 5.91 Å². The third-order valence-corrected chi connectivity index (χ3v) is 5.50. The van der Waals surface area contributed by atoms with Crippen LogP contribution in [0.25, 0.3) is 21.7 Å². The largest absolute Gasteiger partial charge is 0.335 e. The van der Waals surface area contributed by atoms with Gasteiger partial charge in [0.1, 0.15) is 0 Å². The van der Waals surface area contributed by atoms with Crippen molar-refractivity contribution in [2.45, 2.75) is 20.8 Å². The first-order valence-corrected chi connectivity index (χ1v) is 9.96. The van der Waals surface area contributed by atoms with Crippen molar-refractivity contribution in [1.82, 2.24) is 10.1 Å². The van der Waals surface area contributed by atoms with E-state index in [0.29, 0.717) is 16.8 Å². The quantitative estimate of drug-likeness (QED) is 0.461. The maximum Gasteiger partial charge on any atom is 0.259 e. The van der Waals surface area contributed by atoms with Gasteiger partial charge in [-0.3, -0.25) is 9.59 Å². The molecule has 7 nitrogen and oxygen atoms in total. The van der Waals surface area contributed by atoms with Crippen LogP contribution < -0.4 is 10.6 Å². The highest BCUT2D eigenvalue weighted by Gasteiger charge is 2.21. The lowest BCUT2D eigenvalue weighted by atomic mass is 10.1. The van der Waals surface area contributed by atoms with Gasteiger partial charge in [-0.1, -0.05) is 5.16 Å². The molecule has 0 radical (unpaired) electrons. The fraction of sp³-hybridized carbons (Fsp3) is 0.143. The summed E-state index contributed by atoms with van der Waals surface area (Å²) in [5, 5.41) is 9.21. The van der Waals surface area contributed by atoms with Crippen molar-refractivity contribution in [3.8, 4) is 10.6 Å². The highest BCUT2D eigenvalue weighted by atomic mass is 32.1. The van der Waals surface area contributed by atoms with E-state index >= 15 is 0 Å². The predicted octanol–water partition coefficient (Wildman–Crippen LogP) is 5.06. The number of nitrogens with zero attached hydrogens (tertiary/aromatic N) is 2. The van der Waals surface area contributed by atoms with Crippen LogP contribution in [0.15, 0.2) is 34.9 Å². The summed E-state index contributed by atoms with van der Waals surface area (Å²) in [5.74, 6) is -3.44. The molecule has 10 heteroatoms. The zero-order valence-corrected chi connectivity index (χ0v) is 17.5. The normalized spacial score (nSPS) is 11.0. The molecule has 2 N–H and O–H groups in total. The third kappa shape index (κ3) is 4.02. The number of aromatic nitrogens is 2. The molecule has 1 aromatic carbocycles. The number of nitrogens with one attached hydrogen (secondary N) is 2. The van der Waals surface area contributed by atoms with Gasteiger partial charge in [0.05, 0.1) is 38.6 Å². The fourth-order valence-corrected chi connectivity index (χ4v) is 3.93. The Bertz CT molecular complexity index is 1350. The van der Waals surface area contributed by atoms with Crippen LogP contribution in [0.4, 0.5) is 20.2 Å². The first-order chi connectivity index (χ1) is 14.7. The van der Waals surface area contributed by atoms with E-state index < -0.39 is 23.4 Å². The first-order valence-electron chi connectivity index (χ1n) is 9.14. The number of hydrogen-bond acceptors (Lipinski definition) is 6. The maximum absolute atomic E-state index is 13.8. The Balaban J connectivity index is 1.80. The second-order valence-corrected chi connectivity index (χ2v) is 8.15. The minimum Gasteiger partial charge on any atom is -0.335 e. The fourth-order valence-electron chi connectivity index (χ4n) is 3.11. The van der Waals surface area contributed by atoms with Crippen molar-refractivity contribution >= 4 is 45.6 Å². The van der Waals surface area contributed by atoms with Crippen LogP contribution in [-0.4, -0.2) is 22.0 Å². The maximum atomic E-state index is 13.8. The van der Waals surface area contributed by atoms with E-state index in [9.17, 15) is 18.4 Å². The molecular formula is C21H16F2N4O3S. The number of carbonyl (C=O) groups is 2. The van der Waals surface area contributed by atoms with Gasteiger partial charge >= 0.3 is 0 Å². The molecule has 158 valence electrons. The predicted molar refractivity (Wildman–Crippen MR) is 113 cm³/mol. The minimum atomic E-state index is -1.17. The van der Waals surface area contributed by atoms with Crippen LogP contribution in [0.2, 0.25) is 0 Å². The lowest BCUT2D eigenvalue weighted by Gasteiger charge is -2.13. The van der Waals surface area contributed by atoms with E-state index in [2.05, 4.69) is 20.8 Å². The Kier molecular flexibility index (Phi) is 5.24. The Morgan fingerprint density at radius 2 is 1.71 bits per heavy atom. The van der Waals surface area contributed by atoms with Gasteiger partial charge in [0.15, 0.2) is 11.6 Å². The van der Waals surface area contributed by atoms with Crippen molar-refractivity contribution in [3.05, 3.63) is 58.1 Å². The summed E-state index contributed by atoms with van der Waals surface area (Å²) in [6.07, 6.45) is 0. The monoisotopic (exact) mass is 442 g/mol. The summed E-state index contributed by atoms with van der Waals surface area (Å²) >= 11 is 1.50. The highest BCUT2D eigenvalue weighted by Crippen LogP contribution is 2.32. The Hall–Kier alpha value is -3.66. The van der Waals surface area contributed by atoms with Crippen LogP contribution in [-0.2, 0) is 4.79 Å². The second-order valence-electron chi connectivity index (χ2n) is 6.86. The molecule has 4 aromatic rings. The topological polar surface area (TPSA) is 97.1 Å². The molecular weight excluding hydrogens is 426 g/mol. The number of hydrogen-bond donors (Lipinski definition) is 2. The number of halogens is 2. The molecule has 2 amide bonds. The number of fused-ring (bicyclic) bond motifs is 1. The zero-order chi connectivity index (χ0) is 22.3. The summed E-state index contributed by atoms with van der Waals surface area (Å²) < 4.78 is 32.8. The molecule has 4 rings (SSSR count). The smallest absolute Gasteiger partial charge is 0.259 e. The number of aryl methyl sites for hydroxylation is 2. The molecule has 0 unspecified atom stereocenters. The van der Waals surface area contributed by atoms with E-state index in [0.717, 1.165) is 21.9 Å². The number of rotatable bonds is 4. The zero-order valence-electron chi connectivity index (χ0n) is 16.7. The molecule has 0 saturated carbocycles. The van der Waals surface area contributed by atoms with Gasteiger partial charge in [-0.15, -0.1) is 11.3 Å². The van der Waals surface area contributed by atoms with E-state index in [1.807, 2.05) is 19.1 Å². The molecule has 0 saturated heterocycles. The standard InChI is InChI=1S/C21H16F2N4O3S/c1-9-4-5-18(31-9)17-6-12(19-10(2)27-30-21(19)26-17)20(29)25-16-8-14(23)13(22)7-15(16)24-11(3)28/h4-8H,1-3H3,(H,24,28)(H,25,29). The Labute approximate surface area is 179 Å². The lowest BCUT2D eigenvalue weighted by molar-refractivity contribution is -0.114. The lowest BCUT2D eigenvalue weighted by Crippen LogP contribution is -2.16. The molecule has 0 aliphatic heterocycles. The first kappa shape index (κ1) is 20.6. The average molecular weight is 442 g/mol. The summed E-state index contributed by atoms with van der Waals surface area (Å²) in [4.78, 5) is 30.9. The van der Waals surface area contributed by atoms with Crippen molar-refractivity contribution < 1.29 is 22.9 Å². The summed E-state index contributed by atoms with van der Waals surface area (Å²) in [6, 6.07) is 7.01. The molecule has 0 aliphatic carbocycles. The molecule has 3 aromatic heterocycles. The third-order valence-electron chi connectivity index (χ3n) is 4.47. The number of pyridine rings is 1. The van der Waals surface area contributed by atoms with Gasteiger partial charge in [-0.25, -0.2) is 13.8 Å². The number of anilines is 2. The van der Waals surface area contributed by atoms with Gasteiger partial charge < -0.3 is 15.2 Å². The van der Waals surface area contributed by atoms with E-state index in [4.69, 9.17) is 4.52 Å². The molecule has 0 spiro atoms. The number of carbonyl (C=O) groups excluding carboxylic acids is 2. The Morgan fingerprint density at radius 1 is 1.03 bits per heavy atom. The van der Waals surface area contributed by atoms with Crippen LogP contribution >= 0.6 is 11.3 Å². The molecule has 0 aliphatic rings. The summed E-state index contributed by atoms with van der Waals surface area (Å²) in [7, 11) is 0. The molecule has 0 bridgehead atoms. The number of amides is 2. The number of benzene rings is 1. The van der Waals surface area contributed by atoms with Crippen molar-refractivity contribution in [3.63, 3.8) is 0 Å². The van der Waals surface area contributed by atoms with Crippen molar-refractivity contribution in [2.24, 2.45) is 0 Å². The molecule has 0 atom stereocenters. The van der Waals surface area contributed by atoms with Gasteiger partial charge in [0.25, 0.3) is 11.6 Å². The summed E-state index contributed by atoms with van der Waals surface area (Å²) in [5.41, 5.74) is 1.18. The van der Waals surface area contributed by atoms with E-state index in [-0.39, 0.29) is 22.7 Å². The van der Waals surface area contributed by atoms with Crippen LogP contribution in [0.3, 0.4) is 0 Å². The molecule has 31 heavy (non-hydrogen) atoms. The van der Waals surface area contributed by atoms with Gasteiger partial charge in [-0.2, -0.15) is 0 Å². The molecule has 3 heterocycles. The van der Waals surface area contributed by atoms with Crippen molar-refractivity contribution in [2.75, 3.05) is 10.6 Å². The minimum absolute atomic E-state index is 0.0683. The summed E-state index contributed by atoms with van der Waals surface area (Å²) in [6.45, 7) is 4.83. The van der Waals surface area contributed by atoms with Crippen LogP contribution in [0.5, 0.6) is 0 Å². The van der Waals surface area contributed by atoms with E-state index in [1.165, 1.54) is 18.3 Å². The molecule has 0 fully saturated rings.